The van der Waals surface area contributed by atoms with Crippen LogP contribution >= 0.6 is 0 Å². The number of carbonyl (C=O) groups excluding carboxylic acids is 1. The Morgan fingerprint density at radius 1 is 1.19 bits per heavy atom. The van der Waals surface area contributed by atoms with Crippen molar-refractivity contribution in [3.63, 3.8) is 0 Å². The number of hydrogen-bond donors (Lipinski definition) is 2. The average Bonchev–Trinajstić information content (AvgIpc) is 2.74. The van der Waals surface area contributed by atoms with Crippen molar-refractivity contribution >= 4 is 11.4 Å². The van der Waals surface area contributed by atoms with Crippen LogP contribution in [0.25, 0.3) is 5.57 Å². The maximum absolute atomic E-state index is 12.0. The molecule has 0 fully saturated rings. The van der Waals surface area contributed by atoms with Crippen molar-refractivity contribution in [3.05, 3.63) is 53.6 Å². The summed E-state index contributed by atoms with van der Waals surface area (Å²) in [6.45, 7) is 13.2. The number of allylic oxidation sites excluding steroid dienone is 4. The molecular formula is C17H23NO3. The lowest BCUT2D eigenvalue weighted by atomic mass is 10.1. The number of aliphatic hydroxyl groups excluding tert-OH is 1. The molecule has 4 nitrogen and oxygen atoms in total. The fourth-order valence-corrected chi connectivity index (χ4v) is 1.78. The highest BCUT2D eigenvalue weighted by Crippen LogP contribution is 2.36. The molecule has 0 saturated carbocycles. The molecule has 1 aromatic rings. The number of nitrogens with zero attached hydrogens (tertiary/aromatic N) is 1. The van der Waals surface area contributed by atoms with E-state index in [1.165, 1.54) is 18.3 Å². The van der Waals surface area contributed by atoms with E-state index < -0.39 is 0 Å². The summed E-state index contributed by atoms with van der Waals surface area (Å²) in [6.07, 6.45) is 2.84. The summed E-state index contributed by atoms with van der Waals surface area (Å²) in [6, 6.07) is 2.96. The van der Waals surface area contributed by atoms with Gasteiger partial charge in [0.1, 0.15) is 17.2 Å². The number of carbonyl (C=O) groups is 1. The van der Waals surface area contributed by atoms with Gasteiger partial charge in [0, 0.05) is 17.3 Å². The molecule has 2 rings (SSSR count). The normalized spacial score (nSPS) is 13.3. The van der Waals surface area contributed by atoms with Crippen molar-refractivity contribution in [3.8, 4) is 5.75 Å². The van der Waals surface area contributed by atoms with Gasteiger partial charge >= 0.3 is 0 Å². The largest absolute Gasteiger partial charge is 0.507 e. The van der Waals surface area contributed by atoms with Gasteiger partial charge in [-0.1, -0.05) is 40.3 Å². The number of pyridine rings is 1. The lowest BCUT2D eigenvalue weighted by molar-refractivity contribution is -0.110. The molecule has 114 valence electrons. The second-order valence-corrected chi connectivity index (χ2v) is 3.67. The first-order chi connectivity index (χ1) is 10.1. The SMILES string of the molecule is C=CC1=C(C)C(O)=C(c2ncccc2O)C1=O.CC.CC. The van der Waals surface area contributed by atoms with Crippen molar-refractivity contribution in [2.45, 2.75) is 34.6 Å². The molecule has 0 spiro atoms. The van der Waals surface area contributed by atoms with Crippen LogP contribution in [0, 0.1) is 0 Å². The van der Waals surface area contributed by atoms with E-state index in [-0.39, 0.29) is 28.6 Å². The quantitative estimate of drug-likeness (QED) is 0.856. The fourth-order valence-electron chi connectivity index (χ4n) is 1.78. The van der Waals surface area contributed by atoms with Crippen molar-refractivity contribution in [2.24, 2.45) is 0 Å². The maximum atomic E-state index is 12.0. The molecule has 1 heterocycles. The molecule has 0 atom stereocenters. The van der Waals surface area contributed by atoms with Crippen LogP contribution in [0.15, 0.2) is 47.9 Å². The molecule has 1 aliphatic carbocycles. The van der Waals surface area contributed by atoms with E-state index in [2.05, 4.69) is 11.6 Å². The molecule has 0 aliphatic heterocycles. The van der Waals surface area contributed by atoms with E-state index in [0.717, 1.165) is 0 Å². The van der Waals surface area contributed by atoms with Gasteiger partial charge in [-0.05, 0) is 19.1 Å². The number of aromatic nitrogens is 1. The van der Waals surface area contributed by atoms with Crippen LogP contribution in [0.2, 0.25) is 0 Å². The zero-order chi connectivity index (χ0) is 16.6. The Labute approximate surface area is 126 Å². The van der Waals surface area contributed by atoms with E-state index in [0.29, 0.717) is 11.1 Å². The van der Waals surface area contributed by atoms with Gasteiger partial charge in [-0.3, -0.25) is 9.78 Å². The number of ketones is 1. The van der Waals surface area contributed by atoms with Crippen LogP contribution in [0.1, 0.15) is 40.3 Å². The summed E-state index contributed by atoms with van der Waals surface area (Å²) in [7, 11) is 0. The third kappa shape index (κ3) is 3.60. The average molecular weight is 289 g/mol. The fraction of sp³-hybridized carbons (Fsp3) is 0.294. The first kappa shape index (κ1) is 18.6. The zero-order valence-electron chi connectivity index (χ0n) is 13.3. The van der Waals surface area contributed by atoms with Crippen molar-refractivity contribution in [2.75, 3.05) is 0 Å². The highest BCUT2D eigenvalue weighted by molar-refractivity contribution is 6.33. The van der Waals surface area contributed by atoms with E-state index in [9.17, 15) is 15.0 Å². The zero-order valence-corrected chi connectivity index (χ0v) is 13.3. The lowest BCUT2D eigenvalue weighted by Gasteiger charge is -2.04. The molecule has 0 amide bonds. The first-order valence-electron chi connectivity index (χ1n) is 7.04. The van der Waals surface area contributed by atoms with E-state index in [4.69, 9.17) is 0 Å². The summed E-state index contributed by atoms with van der Waals surface area (Å²) >= 11 is 0. The van der Waals surface area contributed by atoms with Gasteiger partial charge in [-0.2, -0.15) is 0 Å². The molecule has 1 aliphatic rings. The van der Waals surface area contributed by atoms with Gasteiger partial charge in [0.2, 0.25) is 0 Å². The van der Waals surface area contributed by atoms with Gasteiger partial charge in [0.05, 0.1) is 5.57 Å². The van der Waals surface area contributed by atoms with Gasteiger partial charge in [0.15, 0.2) is 5.78 Å². The van der Waals surface area contributed by atoms with Crippen LogP contribution in [-0.2, 0) is 4.79 Å². The van der Waals surface area contributed by atoms with E-state index >= 15 is 0 Å². The molecule has 0 saturated heterocycles. The second kappa shape index (κ2) is 8.74. The highest BCUT2D eigenvalue weighted by atomic mass is 16.3. The summed E-state index contributed by atoms with van der Waals surface area (Å²) in [5, 5.41) is 19.6. The Balaban J connectivity index is 0.000000921. The molecule has 2 N–H and O–H groups in total. The molecule has 21 heavy (non-hydrogen) atoms. The molecule has 0 unspecified atom stereocenters. The number of aromatic hydroxyl groups is 1. The minimum Gasteiger partial charge on any atom is -0.507 e. The molecule has 0 bridgehead atoms. The van der Waals surface area contributed by atoms with Crippen molar-refractivity contribution in [1.82, 2.24) is 4.98 Å². The Morgan fingerprint density at radius 2 is 1.76 bits per heavy atom. The predicted molar refractivity (Wildman–Crippen MR) is 86.1 cm³/mol. The third-order valence-corrected chi connectivity index (χ3v) is 2.70. The topological polar surface area (TPSA) is 70.4 Å². The molecule has 4 heteroatoms. The van der Waals surface area contributed by atoms with Crippen LogP contribution in [0.5, 0.6) is 5.75 Å². The lowest BCUT2D eigenvalue weighted by Crippen LogP contribution is -2.02. The summed E-state index contributed by atoms with van der Waals surface area (Å²) in [4.78, 5) is 15.9. The Bertz CT molecular complexity index is 583. The molecule has 0 radical (unpaired) electrons. The smallest absolute Gasteiger partial charge is 0.199 e. The maximum Gasteiger partial charge on any atom is 0.199 e. The minimum absolute atomic E-state index is 0.0236. The Hall–Kier alpha value is -2.36. The van der Waals surface area contributed by atoms with Gasteiger partial charge in [-0.25, -0.2) is 0 Å². The van der Waals surface area contributed by atoms with Gasteiger partial charge in [0.25, 0.3) is 0 Å². The summed E-state index contributed by atoms with van der Waals surface area (Å²) < 4.78 is 0. The molecular weight excluding hydrogens is 266 g/mol. The summed E-state index contributed by atoms with van der Waals surface area (Å²) in [5.41, 5.74) is 0.898. The van der Waals surface area contributed by atoms with E-state index in [1.807, 2.05) is 27.7 Å². The minimum atomic E-state index is -0.371. The van der Waals surface area contributed by atoms with E-state index in [1.54, 1.807) is 13.0 Å². The second-order valence-electron chi connectivity index (χ2n) is 3.67. The van der Waals surface area contributed by atoms with Crippen LogP contribution < -0.4 is 0 Å². The number of rotatable bonds is 2. The van der Waals surface area contributed by atoms with Crippen LogP contribution in [0.3, 0.4) is 0 Å². The first-order valence-corrected chi connectivity index (χ1v) is 7.04. The van der Waals surface area contributed by atoms with Gasteiger partial charge < -0.3 is 10.2 Å². The van der Waals surface area contributed by atoms with Crippen molar-refractivity contribution in [1.29, 1.82) is 0 Å². The highest BCUT2D eigenvalue weighted by Gasteiger charge is 2.31. The van der Waals surface area contributed by atoms with Crippen LogP contribution in [0.4, 0.5) is 0 Å². The Kier molecular flexibility index (Phi) is 7.76. The number of hydrogen-bond acceptors (Lipinski definition) is 4. The van der Waals surface area contributed by atoms with Crippen molar-refractivity contribution < 1.29 is 15.0 Å². The third-order valence-electron chi connectivity index (χ3n) is 2.70. The van der Waals surface area contributed by atoms with Crippen LogP contribution in [-0.4, -0.2) is 21.0 Å². The summed E-state index contributed by atoms with van der Waals surface area (Å²) in [5.74, 6) is -0.664. The number of aliphatic hydroxyl groups is 1. The number of Topliss-reactive ketones (excluding diaryl/α,β-unsaturated/α-hetero) is 1. The van der Waals surface area contributed by atoms with Gasteiger partial charge in [-0.15, -0.1) is 0 Å². The molecule has 0 aromatic carbocycles. The monoisotopic (exact) mass is 289 g/mol. The standard InChI is InChI=1S/C13H11NO3.2C2H6/c1-3-8-7(2)12(16)10(13(8)17)11-9(15)5-4-6-14-11;2*1-2/h3-6,15-16H,1H2,2H3;2*1-2H3. The molecule has 1 aromatic heterocycles. The Morgan fingerprint density at radius 3 is 2.19 bits per heavy atom. The predicted octanol–water partition coefficient (Wildman–Crippen LogP) is 4.19.